The molecule has 0 spiro atoms. The largest absolute Gasteiger partial charge is 0.379 e. The molecule has 0 saturated heterocycles. The van der Waals surface area contributed by atoms with Crippen LogP contribution in [-0.4, -0.2) is 14.8 Å². The molecule has 0 amide bonds. The summed E-state index contributed by atoms with van der Waals surface area (Å²) in [5.41, 5.74) is 4.57. The van der Waals surface area contributed by atoms with Gasteiger partial charge in [0.2, 0.25) is 0 Å². The lowest BCUT2D eigenvalue weighted by molar-refractivity contribution is 0.878. The summed E-state index contributed by atoms with van der Waals surface area (Å²) >= 11 is 0. The Balaban J connectivity index is 1.79. The van der Waals surface area contributed by atoms with Crippen molar-refractivity contribution >= 4 is 5.69 Å². The zero-order valence-electron chi connectivity index (χ0n) is 11.3. The van der Waals surface area contributed by atoms with Crippen LogP contribution in [0.5, 0.6) is 0 Å². The van der Waals surface area contributed by atoms with Gasteiger partial charge in [0.1, 0.15) is 12.7 Å². The van der Waals surface area contributed by atoms with E-state index in [4.69, 9.17) is 0 Å². The Labute approximate surface area is 118 Å². The van der Waals surface area contributed by atoms with Crippen LogP contribution in [0.15, 0.2) is 61.2 Å². The molecule has 2 aromatic carbocycles. The average molecular weight is 264 g/mol. The van der Waals surface area contributed by atoms with E-state index >= 15 is 0 Å². The van der Waals surface area contributed by atoms with Gasteiger partial charge in [-0.2, -0.15) is 5.10 Å². The summed E-state index contributed by atoms with van der Waals surface area (Å²) in [6, 6.07) is 16.6. The first-order chi connectivity index (χ1) is 9.83. The van der Waals surface area contributed by atoms with Gasteiger partial charge in [-0.05, 0) is 24.6 Å². The molecule has 4 nitrogen and oxygen atoms in total. The molecule has 0 bridgehead atoms. The molecule has 3 aromatic rings. The maximum atomic E-state index is 4.18. The molecule has 1 heterocycles. The second kappa shape index (κ2) is 5.57. The Hall–Kier alpha value is -2.62. The molecule has 100 valence electrons. The molecular weight excluding hydrogens is 248 g/mol. The predicted octanol–water partition coefficient (Wildman–Crippen LogP) is 3.19. The number of aromatic nitrogens is 3. The lowest BCUT2D eigenvalue weighted by atomic mass is 10.1. The number of aryl methyl sites for hydroxylation is 1. The van der Waals surface area contributed by atoms with Gasteiger partial charge in [0.05, 0.1) is 11.4 Å². The molecule has 0 unspecified atom stereocenters. The number of rotatable bonds is 4. The molecule has 1 N–H and O–H groups in total. The second-order valence-electron chi connectivity index (χ2n) is 4.70. The Morgan fingerprint density at radius 2 is 1.85 bits per heavy atom. The van der Waals surface area contributed by atoms with Crippen LogP contribution >= 0.6 is 0 Å². The van der Waals surface area contributed by atoms with Crippen molar-refractivity contribution in [2.75, 3.05) is 5.32 Å². The summed E-state index contributed by atoms with van der Waals surface area (Å²) in [7, 11) is 0. The predicted molar refractivity (Wildman–Crippen MR) is 79.9 cm³/mol. The molecule has 1 aromatic heterocycles. The fraction of sp³-hybridized carbons (Fsp3) is 0.125. The minimum absolute atomic E-state index is 0.784. The minimum atomic E-state index is 0.784. The molecule has 0 saturated carbocycles. The van der Waals surface area contributed by atoms with Gasteiger partial charge in [-0.3, -0.25) is 0 Å². The molecule has 0 aliphatic rings. The summed E-state index contributed by atoms with van der Waals surface area (Å²) in [6.07, 6.45) is 3.24. The van der Waals surface area contributed by atoms with Crippen molar-refractivity contribution in [2.24, 2.45) is 0 Å². The van der Waals surface area contributed by atoms with Crippen LogP contribution in [-0.2, 0) is 6.54 Å². The third kappa shape index (κ3) is 2.69. The van der Waals surface area contributed by atoms with E-state index in [1.54, 1.807) is 11.0 Å². The second-order valence-corrected chi connectivity index (χ2v) is 4.70. The Morgan fingerprint density at radius 1 is 1.05 bits per heavy atom. The monoisotopic (exact) mass is 264 g/mol. The van der Waals surface area contributed by atoms with Crippen molar-refractivity contribution in [3.63, 3.8) is 0 Å². The van der Waals surface area contributed by atoms with Gasteiger partial charge in [-0.15, -0.1) is 0 Å². The van der Waals surface area contributed by atoms with Crippen molar-refractivity contribution in [2.45, 2.75) is 13.5 Å². The van der Waals surface area contributed by atoms with E-state index in [1.165, 1.54) is 17.5 Å². The fourth-order valence-corrected chi connectivity index (χ4v) is 2.06. The van der Waals surface area contributed by atoms with Crippen LogP contribution in [0.3, 0.4) is 0 Å². The first kappa shape index (κ1) is 12.4. The normalized spacial score (nSPS) is 10.4. The quantitative estimate of drug-likeness (QED) is 0.787. The maximum Gasteiger partial charge on any atom is 0.138 e. The number of hydrogen-bond donors (Lipinski definition) is 1. The SMILES string of the molecule is Cc1ccc(CNc2ccccc2-n2cncn2)cc1. The van der Waals surface area contributed by atoms with Crippen molar-refractivity contribution < 1.29 is 0 Å². The lowest BCUT2D eigenvalue weighted by Crippen LogP contribution is -2.04. The van der Waals surface area contributed by atoms with Gasteiger partial charge in [0, 0.05) is 6.54 Å². The van der Waals surface area contributed by atoms with E-state index in [-0.39, 0.29) is 0 Å². The molecule has 3 rings (SSSR count). The molecule has 0 fully saturated rings. The van der Waals surface area contributed by atoms with Gasteiger partial charge in [0.25, 0.3) is 0 Å². The molecule has 0 radical (unpaired) electrons. The Bertz CT molecular complexity index is 672. The smallest absolute Gasteiger partial charge is 0.138 e. The van der Waals surface area contributed by atoms with Crippen LogP contribution in [0.2, 0.25) is 0 Å². The molecule has 0 atom stereocenters. The third-order valence-corrected chi connectivity index (χ3v) is 3.17. The highest BCUT2D eigenvalue weighted by Gasteiger charge is 2.04. The molecular formula is C16H16N4. The van der Waals surface area contributed by atoms with Gasteiger partial charge >= 0.3 is 0 Å². The highest BCUT2D eigenvalue weighted by molar-refractivity contribution is 5.60. The number of nitrogens with one attached hydrogen (secondary N) is 1. The van der Waals surface area contributed by atoms with E-state index in [0.29, 0.717) is 0 Å². The fourth-order valence-electron chi connectivity index (χ4n) is 2.06. The Kier molecular flexibility index (Phi) is 3.46. The van der Waals surface area contributed by atoms with E-state index in [0.717, 1.165) is 17.9 Å². The van der Waals surface area contributed by atoms with Gasteiger partial charge in [-0.25, -0.2) is 9.67 Å². The Morgan fingerprint density at radius 3 is 2.60 bits per heavy atom. The lowest BCUT2D eigenvalue weighted by Gasteiger charge is -2.11. The zero-order valence-corrected chi connectivity index (χ0v) is 11.3. The summed E-state index contributed by atoms with van der Waals surface area (Å²) in [4.78, 5) is 3.99. The van der Waals surface area contributed by atoms with Gasteiger partial charge in [-0.1, -0.05) is 42.0 Å². The van der Waals surface area contributed by atoms with Crippen LogP contribution < -0.4 is 5.32 Å². The topological polar surface area (TPSA) is 42.7 Å². The highest BCUT2D eigenvalue weighted by atomic mass is 15.3. The summed E-state index contributed by atoms with van der Waals surface area (Å²) < 4.78 is 1.76. The molecule has 20 heavy (non-hydrogen) atoms. The molecule has 0 aliphatic heterocycles. The third-order valence-electron chi connectivity index (χ3n) is 3.17. The van der Waals surface area contributed by atoms with Crippen molar-refractivity contribution in [1.29, 1.82) is 0 Å². The maximum absolute atomic E-state index is 4.18. The first-order valence-corrected chi connectivity index (χ1v) is 6.56. The van der Waals surface area contributed by atoms with Crippen LogP contribution in [0.4, 0.5) is 5.69 Å². The van der Waals surface area contributed by atoms with Crippen LogP contribution in [0, 0.1) is 6.92 Å². The van der Waals surface area contributed by atoms with E-state index < -0.39 is 0 Å². The van der Waals surface area contributed by atoms with Crippen molar-refractivity contribution in [3.05, 3.63) is 72.3 Å². The minimum Gasteiger partial charge on any atom is -0.379 e. The van der Waals surface area contributed by atoms with Crippen LogP contribution in [0.25, 0.3) is 5.69 Å². The first-order valence-electron chi connectivity index (χ1n) is 6.56. The van der Waals surface area contributed by atoms with E-state index in [1.807, 2.05) is 24.3 Å². The van der Waals surface area contributed by atoms with E-state index in [9.17, 15) is 0 Å². The summed E-state index contributed by atoms with van der Waals surface area (Å²) in [5.74, 6) is 0. The molecule has 0 aliphatic carbocycles. The number of nitrogens with zero attached hydrogens (tertiary/aromatic N) is 3. The molecule has 4 heteroatoms. The van der Waals surface area contributed by atoms with E-state index in [2.05, 4.69) is 46.6 Å². The number of hydrogen-bond acceptors (Lipinski definition) is 3. The number of para-hydroxylation sites is 2. The summed E-state index contributed by atoms with van der Waals surface area (Å²) in [5, 5.41) is 7.63. The van der Waals surface area contributed by atoms with Crippen LogP contribution in [0.1, 0.15) is 11.1 Å². The zero-order chi connectivity index (χ0) is 13.8. The highest BCUT2D eigenvalue weighted by Crippen LogP contribution is 2.19. The van der Waals surface area contributed by atoms with Crippen molar-refractivity contribution in [1.82, 2.24) is 14.8 Å². The standard InChI is InChI=1S/C16H16N4/c1-13-6-8-14(9-7-13)10-18-15-4-2-3-5-16(15)20-12-17-11-19-20/h2-9,11-12,18H,10H2,1H3. The number of benzene rings is 2. The average Bonchev–Trinajstić information content (AvgIpc) is 3.01. The van der Waals surface area contributed by atoms with Gasteiger partial charge in [0.15, 0.2) is 0 Å². The number of anilines is 1. The van der Waals surface area contributed by atoms with Gasteiger partial charge < -0.3 is 5.32 Å². The van der Waals surface area contributed by atoms with Crippen molar-refractivity contribution in [3.8, 4) is 5.69 Å². The summed E-state index contributed by atoms with van der Waals surface area (Å²) in [6.45, 7) is 2.88.